The summed E-state index contributed by atoms with van der Waals surface area (Å²) in [5.41, 5.74) is -0.0411. The molecule has 240 valence electrons. The third-order valence-electron chi connectivity index (χ3n) is 8.82. The van der Waals surface area contributed by atoms with Crippen LogP contribution < -0.4 is 4.90 Å². The molecule has 1 aromatic carbocycles. The van der Waals surface area contributed by atoms with Crippen LogP contribution in [0.25, 0.3) is 0 Å². The molecule has 17 heteroatoms. The topological polar surface area (TPSA) is 76.6 Å². The molecule has 0 radical (unpaired) electrons. The Kier molecular flexibility index (Phi) is 7.97. The van der Waals surface area contributed by atoms with Gasteiger partial charge in [-0.1, -0.05) is 6.07 Å². The Bertz CT molecular complexity index is 1210. The maximum atomic E-state index is 13.6. The zero-order valence-electron chi connectivity index (χ0n) is 22.6. The van der Waals surface area contributed by atoms with Crippen LogP contribution in [0.1, 0.15) is 30.4 Å². The van der Waals surface area contributed by atoms with Gasteiger partial charge < -0.3 is 19.6 Å². The third kappa shape index (κ3) is 6.61. The number of fused-ring (bicyclic) bond motifs is 2. The van der Waals surface area contributed by atoms with Gasteiger partial charge in [0.05, 0.1) is 12.1 Å². The van der Waals surface area contributed by atoms with Crippen LogP contribution >= 0.6 is 0 Å². The second kappa shape index (κ2) is 10.9. The highest BCUT2D eigenvalue weighted by atomic mass is 19.4. The van der Waals surface area contributed by atoms with Crippen LogP contribution in [-0.4, -0.2) is 108 Å². The predicted octanol–water partition coefficient (Wildman–Crippen LogP) is 4.58. The molecule has 4 fully saturated rings. The lowest BCUT2D eigenvalue weighted by Crippen LogP contribution is -2.60. The minimum absolute atomic E-state index is 0.0878. The lowest BCUT2D eigenvalue weighted by molar-refractivity contribution is -0.308. The van der Waals surface area contributed by atoms with E-state index in [0.717, 1.165) is 17.0 Å². The van der Waals surface area contributed by atoms with Crippen molar-refractivity contribution in [2.24, 2.45) is 5.41 Å². The van der Waals surface area contributed by atoms with E-state index < -0.39 is 42.3 Å². The Morgan fingerprint density at radius 2 is 1.58 bits per heavy atom. The molecular weight excluding hydrogens is 603 g/mol. The van der Waals surface area contributed by atoms with E-state index in [1.165, 1.54) is 6.07 Å². The number of carbonyl (C=O) groups is 2. The fourth-order valence-electron chi connectivity index (χ4n) is 6.78. The zero-order valence-corrected chi connectivity index (χ0v) is 22.6. The number of hydrogen-bond donors (Lipinski definition) is 1. The van der Waals surface area contributed by atoms with Crippen molar-refractivity contribution < 1.29 is 58.9 Å². The quantitative estimate of drug-likeness (QED) is 0.461. The second-order valence-electron chi connectivity index (χ2n) is 11.8. The number of carboxylic acids is 1. The van der Waals surface area contributed by atoms with Gasteiger partial charge in [-0.3, -0.25) is 14.6 Å². The van der Waals surface area contributed by atoms with Gasteiger partial charge in [0.2, 0.25) is 0 Å². The number of carboxylic acid groups (broad SMARTS) is 1. The molecule has 0 aromatic heterocycles. The number of hydrogen-bond acceptors (Lipinski definition) is 6. The predicted molar refractivity (Wildman–Crippen MR) is 131 cm³/mol. The number of rotatable bonds is 6. The molecular formula is C26H29F9N4O4. The fourth-order valence-corrected chi connectivity index (χ4v) is 6.78. The Morgan fingerprint density at radius 3 is 2.09 bits per heavy atom. The van der Waals surface area contributed by atoms with E-state index in [4.69, 9.17) is 5.11 Å². The van der Waals surface area contributed by atoms with Crippen LogP contribution in [0.2, 0.25) is 0 Å². The maximum absolute atomic E-state index is 13.6. The minimum atomic E-state index is -5.80. The monoisotopic (exact) mass is 632 g/mol. The molecule has 4 heterocycles. The standard InChI is InChI=1S/C26H29F9N4O4/c27-24(28,29)16-2-1-15(19(7-16)39-11-17-8-18(39)10-38(17)12-20(40)41)9-36-13-23(14-36)3-5-37(6-4-23)22(42)43-21(25(30,31)32)26(33,34)35/h1-2,7,17-18,21H,3-6,8-14H2,(H,40,41). The van der Waals surface area contributed by atoms with E-state index in [2.05, 4.69) is 4.74 Å². The van der Waals surface area contributed by atoms with Gasteiger partial charge in [0.1, 0.15) is 0 Å². The summed E-state index contributed by atoms with van der Waals surface area (Å²) >= 11 is 0. The van der Waals surface area contributed by atoms with Crippen LogP contribution in [0.15, 0.2) is 18.2 Å². The summed E-state index contributed by atoms with van der Waals surface area (Å²) in [5.74, 6) is -0.972. The van der Waals surface area contributed by atoms with Gasteiger partial charge in [-0.2, -0.15) is 39.5 Å². The zero-order chi connectivity index (χ0) is 31.5. The highest BCUT2D eigenvalue weighted by Gasteiger charge is 2.60. The molecule has 5 rings (SSSR count). The van der Waals surface area contributed by atoms with Gasteiger partial charge in [-0.25, -0.2) is 4.79 Å². The second-order valence-corrected chi connectivity index (χ2v) is 11.8. The van der Waals surface area contributed by atoms with Crippen LogP contribution in [0.3, 0.4) is 0 Å². The number of ether oxygens (including phenoxy) is 1. The smallest absolute Gasteiger partial charge is 0.434 e. The van der Waals surface area contributed by atoms with Crippen molar-refractivity contribution in [2.75, 3.05) is 50.7 Å². The summed E-state index contributed by atoms with van der Waals surface area (Å²) in [7, 11) is 0. The lowest BCUT2D eigenvalue weighted by atomic mass is 9.72. The highest BCUT2D eigenvalue weighted by Crippen LogP contribution is 2.44. The van der Waals surface area contributed by atoms with Gasteiger partial charge in [-0.15, -0.1) is 0 Å². The van der Waals surface area contributed by atoms with E-state index >= 15 is 0 Å². The molecule has 4 aliphatic rings. The number of amides is 1. The average molecular weight is 633 g/mol. The molecule has 43 heavy (non-hydrogen) atoms. The Balaban J connectivity index is 1.20. The molecule has 1 spiro atoms. The van der Waals surface area contributed by atoms with Crippen molar-refractivity contribution in [1.29, 1.82) is 0 Å². The third-order valence-corrected chi connectivity index (χ3v) is 8.82. The van der Waals surface area contributed by atoms with Gasteiger partial charge in [0.25, 0.3) is 6.10 Å². The lowest BCUT2D eigenvalue weighted by Gasteiger charge is -2.54. The van der Waals surface area contributed by atoms with Crippen LogP contribution in [-0.2, 0) is 22.3 Å². The molecule has 0 aliphatic carbocycles. The number of halogens is 9. The van der Waals surface area contributed by atoms with Crippen molar-refractivity contribution in [3.8, 4) is 0 Å². The number of carbonyl (C=O) groups excluding carboxylic acids is 1. The summed E-state index contributed by atoms with van der Waals surface area (Å²) in [5, 5.41) is 9.13. The summed E-state index contributed by atoms with van der Waals surface area (Å²) in [6.07, 6.45) is -20.8. The summed E-state index contributed by atoms with van der Waals surface area (Å²) in [6, 6.07) is 3.34. The van der Waals surface area contributed by atoms with Crippen molar-refractivity contribution in [3.05, 3.63) is 29.3 Å². The number of aliphatic carboxylic acids is 1. The molecule has 2 bridgehead atoms. The summed E-state index contributed by atoms with van der Waals surface area (Å²) in [6.45, 7) is 1.78. The number of anilines is 1. The first-order valence-corrected chi connectivity index (χ1v) is 13.6. The fraction of sp³-hybridized carbons (Fsp3) is 0.692. The summed E-state index contributed by atoms with van der Waals surface area (Å²) in [4.78, 5) is 29.8. The SMILES string of the molecule is O=C(O)CN1CC2CC1CN2c1cc(C(F)(F)F)ccc1CN1CC2(CCN(C(=O)OC(C(F)(F)F)C(F)(F)F)CC2)C1. The molecule has 4 aliphatic heterocycles. The van der Waals surface area contributed by atoms with Gasteiger partial charge in [0, 0.05) is 63.6 Å². The van der Waals surface area contributed by atoms with Crippen molar-refractivity contribution in [1.82, 2.24) is 14.7 Å². The maximum Gasteiger partial charge on any atom is 0.434 e. The minimum Gasteiger partial charge on any atom is -0.480 e. The number of likely N-dealkylation sites (tertiary alicyclic amines) is 3. The van der Waals surface area contributed by atoms with E-state index in [-0.39, 0.29) is 37.1 Å². The molecule has 1 amide bonds. The van der Waals surface area contributed by atoms with E-state index in [0.29, 0.717) is 63.2 Å². The Hall–Kier alpha value is -2.95. The van der Waals surface area contributed by atoms with Gasteiger partial charge >= 0.3 is 30.6 Å². The van der Waals surface area contributed by atoms with Crippen LogP contribution in [0, 0.1) is 5.41 Å². The first-order valence-electron chi connectivity index (χ1n) is 13.6. The number of alkyl halides is 9. The highest BCUT2D eigenvalue weighted by molar-refractivity contribution is 5.69. The van der Waals surface area contributed by atoms with Crippen molar-refractivity contribution >= 4 is 17.7 Å². The molecule has 1 N–H and O–H groups in total. The Labute approximate surface area is 239 Å². The first kappa shape index (κ1) is 31.5. The molecule has 1 aromatic rings. The molecule has 2 atom stereocenters. The van der Waals surface area contributed by atoms with Crippen molar-refractivity contribution in [2.45, 2.75) is 62.5 Å². The van der Waals surface area contributed by atoms with Crippen LogP contribution in [0.4, 0.5) is 50.0 Å². The van der Waals surface area contributed by atoms with E-state index in [1.807, 2.05) is 14.7 Å². The summed E-state index contributed by atoms with van der Waals surface area (Å²) < 4.78 is 121. The molecule has 4 saturated heterocycles. The molecule has 0 saturated carbocycles. The average Bonchev–Trinajstić information content (AvgIpc) is 3.45. The molecule has 8 nitrogen and oxygen atoms in total. The number of benzene rings is 1. The van der Waals surface area contributed by atoms with E-state index in [1.54, 1.807) is 0 Å². The number of piperazine rings is 1. The largest absolute Gasteiger partial charge is 0.480 e. The number of piperidine rings is 1. The molecule has 2 unspecified atom stereocenters. The number of nitrogens with zero attached hydrogens (tertiary/aromatic N) is 4. The van der Waals surface area contributed by atoms with Crippen molar-refractivity contribution in [3.63, 3.8) is 0 Å². The Morgan fingerprint density at radius 1 is 0.953 bits per heavy atom. The van der Waals surface area contributed by atoms with Gasteiger partial charge in [-0.05, 0) is 42.4 Å². The van der Waals surface area contributed by atoms with E-state index in [9.17, 15) is 49.1 Å². The normalized spacial score (nSPS) is 24.6. The van der Waals surface area contributed by atoms with Gasteiger partial charge in [0.15, 0.2) is 0 Å². The van der Waals surface area contributed by atoms with Crippen LogP contribution in [0.5, 0.6) is 0 Å². The first-order chi connectivity index (χ1) is 19.8.